The lowest BCUT2D eigenvalue weighted by atomic mass is 9.94. The van der Waals surface area contributed by atoms with Gasteiger partial charge >= 0.3 is 0 Å². The Morgan fingerprint density at radius 3 is 2.21 bits per heavy atom. The molecule has 1 N–H and O–H groups in total. The van der Waals surface area contributed by atoms with Gasteiger partial charge in [0.2, 0.25) is 0 Å². The maximum atomic E-state index is 10.5. The van der Waals surface area contributed by atoms with E-state index in [0.717, 1.165) is 5.56 Å². The molecule has 14 heavy (non-hydrogen) atoms. The van der Waals surface area contributed by atoms with Gasteiger partial charge in [-0.25, -0.2) is 0 Å². The van der Waals surface area contributed by atoms with E-state index >= 15 is 0 Å². The number of carboxylic acid groups (broad SMARTS) is 1. The summed E-state index contributed by atoms with van der Waals surface area (Å²) in [5.41, 5.74) is 1.26. The first-order valence-electron chi connectivity index (χ1n) is 4.51. The molecule has 1 aromatic carbocycles. The fourth-order valence-electron chi connectivity index (χ4n) is 1.41. The fraction of sp³-hybridized carbons (Fsp3) is 0.364. The molecule has 0 aliphatic rings. The summed E-state index contributed by atoms with van der Waals surface area (Å²) >= 11 is 0. The Bertz CT molecular complexity index is 331. The van der Waals surface area contributed by atoms with E-state index in [1.165, 1.54) is 0 Å². The second kappa shape index (κ2) is 4.24. The number of aliphatic hydroxyl groups is 1. The summed E-state index contributed by atoms with van der Waals surface area (Å²) in [4.78, 5) is 10.5. The van der Waals surface area contributed by atoms with Gasteiger partial charge in [-0.1, -0.05) is 38.1 Å². The number of carbonyl (C=O) groups is 1. The van der Waals surface area contributed by atoms with Gasteiger partial charge in [-0.2, -0.15) is 0 Å². The van der Waals surface area contributed by atoms with E-state index in [4.69, 9.17) is 0 Å². The highest BCUT2D eigenvalue weighted by Gasteiger charge is 2.14. The van der Waals surface area contributed by atoms with Crippen molar-refractivity contribution in [2.75, 3.05) is 0 Å². The maximum absolute atomic E-state index is 10.5. The van der Waals surface area contributed by atoms with Crippen LogP contribution >= 0.6 is 0 Å². The third-order valence-electron chi connectivity index (χ3n) is 2.14. The van der Waals surface area contributed by atoms with Crippen LogP contribution in [0.25, 0.3) is 0 Å². The Morgan fingerprint density at radius 2 is 1.79 bits per heavy atom. The molecule has 0 radical (unpaired) electrons. The van der Waals surface area contributed by atoms with Crippen LogP contribution in [-0.2, 0) is 4.79 Å². The van der Waals surface area contributed by atoms with Crippen LogP contribution in [-0.4, -0.2) is 11.1 Å². The lowest BCUT2D eigenvalue weighted by molar-refractivity contribution is -0.315. The molecular weight excluding hydrogens is 180 g/mol. The zero-order valence-electron chi connectivity index (χ0n) is 8.23. The van der Waals surface area contributed by atoms with Gasteiger partial charge in [-0.05, 0) is 17.0 Å². The largest absolute Gasteiger partial charge is 0.547 e. The van der Waals surface area contributed by atoms with E-state index in [0.29, 0.717) is 5.56 Å². The van der Waals surface area contributed by atoms with Crippen molar-refractivity contribution in [3.63, 3.8) is 0 Å². The van der Waals surface area contributed by atoms with Crippen molar-refractivity contribution in [1.29, 1.82) is 0 Å². The lowest BCUT2D eigenvalue weighted by Gasteiger charge is -2.18. The molecule has 1 rings (SSSR count). The summed E-state index contributed by atoms with van der Waals surface area (Å²) in [6.45, 7) is 3.89. The van der Waals surface area contributed by atoms with Crippen molar-refractivity contribution in [3.8, 4) is 0 Å². The molecule has 0 amide bonds. The van der Waals surface area contributed by atoms with Crippen LogP contribution in [0.4, 0.5) is 0 Å². The molecule has 76 valence electrons. The maximum Gasteiger partial charge on any atom is 0.119 e. The van der Waals surface area contributed by atoms with Crippen LogP contribution in [0.3, 0.4) is 0 Å². The number of hydrogen-bond donors (Lipinski definition) is 1. The molecule has 1 unspecified atom stereocenters. The third kappa shape index (κ3) is 2.12. The molecule has 1 atom stereocenters. The van der Waals surface area contributed by atoms with Crippen LogP contribution in [0.1, 0.15) is 37.0 Å². The van der Waals surface area contributed by atoms with Gasteiger partial charge in [-0.15, -0.1) is 0 Å². The number of benzene rings is 1. The van der Waals surface area contributed by atoms with Gasteiger partial charge < -0.3 is 15.0 Å². The second-order valence-electron chi connectivity index (χ2n) is 3.51. The van der Waals surface area contributed by atoms with Crippen LogP contribution in [0, 0.1) is 0 Å². The Balaban J connectivity index is 3.13. The zero-order chi connectivity index (χ0) is 10.7. The van der Waals surface area contributed by atoms with Crippen molar-refractivity contribution in [3.05, 3.63) is 35.4 Å². The predicted octanol–water partition coefficient (Wildman–Crippen LogP) is 0.593. The Labute approximate surface area is 83.0 Å². The summed E-state index contributed by atoms with van der Waals surface area (Å²) in [6, 6.07) is 6.94. The average molecular weight is 193 g/mol. The lowest BCUT2D eigenvalue weighted by Crippen LogP contribution is -2.30. The first-order valence-corrected chi connectivity index (χ1v) is 4.51. The van der Waals surface area contributed by atoms with E-state index in [1.54, 1.807) is 12.1 Å². The fourth-order valence-corrected chi connectivity index (χ4v) is 1.41. The van der Waals surface area contributed by atoms with Gasteiger partial charge in [0.1, 0.15) is 6.10 Å². The number of aliphatic carboxylic acids is 1. The molecule has 0 aliphatic heterocycles. The highest BCUT2D eigenvalue weighted by Crippen LogP contribution is 2.24. The molecule has 0 fully saturated rings. The quantitative estimate of drug-likeness (QED) is 0.764. The minimum atomic E-state index is -1.53. The average Bonchev–Trinajstić information content (AvgIpc) is 2.16. The van der Waals surface area contributed by atoms with Gasteiger partial charge in [0.05, 0.1) is 5.97 Å². The summed E-state index contributed by atoms with van der Waals surface area (Å²) < 4.78 is 0. The van der Waals surface area contributed by atoms with E-state index < -0.39 is 12.1 Å². The van der Waals surface area contributed by atoms with E-state index in [2.05, 4.69) is 0 Å². The molecule has 0 bridgehead atoms. The van der Waals surface area contributed by atoms with Crippen LogP contribution in [0.2, 0.25) is 0 Å². The monoisotopic (exact) mass is 193 g/mol. The van der Waals surface area contributed by atoms with Gasteiger partial charge in [-0.3, -0.25) is 0 Å². The summed E-state index contributed by atoms with van der Waals surface area (Å²) in [5.74, 6) is -1.28. The topological polar surface area (TPSA) is 60.4 Å². The smallest absolute Gasteiger partial charge is 0.119 e. The Morgan fingerprint density at radius 1 is 1.29 bits per heavy atom. The van der Waals surface area contributed by atoms with Crippen molar-refractivity contribution in [2.24, 2.45) is 0 Å². The summed E-state index contributed by atoms with van der Waals surface area (Å²) in [7, 11) is 0. The van der Waals surface area contributed by atoms with Crippen LogP contribution < -0.4 is 5.11 Å². The summed E-state index contributed by atoms with van der Waals surface area (Å²) in [6.07, 6.45) is -1.53. The van der Waals surface area contributed by atoms with Crippen molar-refractivity contribution in [2.45, 2.75) is 25.9 Å². The molecular formula is C11H13O3-. The number of hydrogen-bond acceptors (Lipinski definition) is 3. The molecule has 0 saturated carbocycles. The van der Waals surface area contributed by atoms with Gasteiger partial charge in [0.15, 0.2) is 0 Å². The first-order chi connectivity index (χ1) is 6.54. The molecule has 3 nitrogen and oxygen atoms in total. The number of carboxylic acids is 1. The molecule has 0 aromatic heterocycles. The van der Waals surface area contributed by atoms with Crippen LogP contribution in [0.15, 0.2) is 24.3 Å². The highest BCUT2D eigenvalue weighted by molar-refractivity contribution is 5.72. The second-order valence-corrected chi connectivity index (χ2v) is 3.51. The molecule has 3 heteroatoms. The molecule has 0 heterocycles. The minimum Gasteiger partial charge on any atom is -0.547 e. The van der Waals surface area contributed by atoms with Crippen molar-refractivity contribution >= 4 is 5.97 Å². The number of rotatable bonds is 3. The van der Waals surface area contributed by atoms with Crippen LogP contribution in [0.5, 0.6) is 0 Å². The molecule has 0 saturated heterocycles. The van der Waals surface area contributed by atoms with E-state index in [9.17, 15) is 15.0 Å². The molecule has 1 aromatic rings. The number of aliphatic hydroxyl groups excluding tert-OH is 1. The van der Waals surface area contributed by atoms with Crippen molar-refractivity contribution in [1.82, 2.24) is 0 Å². The predicted molar refractivity (Wildman–Crippen MR) is 50.5 cm³/mol. The molecule has 0 aliphatic carbocycles. The van der Waals surface area contributed by atoms with Gasteiger partial charge in [0.25, 0.3) is 0 Å². The Hall–Kier alpha value is -1.35. The Kier molecular flexibility index (Phi) is 3.25. The standard InChI is InChI=1S/C11H14O3/c1-7(2)8-5-3-4-6-9(8)10(12)11(13)14/h3-7,10,12H,1-2H3,(H,13,14)/p-1. The first kappa shape index (κ1) is 10.7. The van der Waals surface area contributed by atoms with Gasteiger partial charge in [0, 0.05) is 0 Å². The molecule has 0 spiro atoms. The van der Waals surface area contributed by atoms with Crippen molar-refractivity contribution < 1.29 is 15.0 Å². The van der Waals surface area contributed by atoms with E-state index in [-0.39, 0.29) is 5.92 Å². The summed E-state index contributed by atoms with van der Waals surface area (Å²) in [5, 5.41) is 19.9. The zero-order valence-corrected chi connectivity index (χ0v) is 8.23. The SMILES string of the molecule is CC(C)c1ccccc1C(O)C(=O)[O-]. The van der Waals surface area contributed by atoms with E-state index in [1.807, 2.05) is 26.0 Å². The minimum absolute atomic E-state index is 0.181. The third-order valence-corrected chi connectivity index (χ3v) is 2.14. The normalized spacial score (nSPS) is 12.9. The number of carbonyl (C=O) groups excluding carboxylic acids is 1. The highest BCUT2D eigenvalue weighted by atomic mass is 16.4.